The fourth-order valence-corrected chi connectivity index (χ4v) is 2.94. The third-order valence-electron chi connectivity index (χ3n) is 3.43. The van der Waals surface area contributed by atoms with Crippen molar-refractivity contribution in [2.45, 2.75) is 11.8 Å². The number of benzene rings is 1. The summed E-state index contributed by atoms with van der Waals surface area (Å²) in [6.07, 6.45) is 1.73. The number of rotatable bonds is 5. The van der Waals surface area contributed by atoms with Gasteiger partial charge in [-0.25, -0.2) is 8.42 Å². The molecule has 0 radical (unpaired) electrons. The van der Waals surface area contributed by atoms with Gasteiger partial charge in [0.2, 0.25) is 0 Å². The molecule has 0 atom stereocenters. The standard InChI is InChI=1S/C15H15N5O4S/c1-3-25(22,23)11-6-4-10(5-7-11)13(21)16-15-18-17-14(24-15)12-8-9-20(2)19-12/h4-9H,3H2,1-2H3,(H,16,18,21). The molecular weight excluding hydrogens is 346 g/mol. The molecule has 0 spiro atoms. The zero-order valence-corrected chi connectivity index (χ0v) is 14.3. The molecule has 1 aromatic carbocycles. The lowest BCUT2D eigenvalue weighted by atomic mass is 10.2. The number of aromatic nitrogens is 4. The van der Waals surface area contributed by atoms with E-state index in [1.165, 1.54) is 24.3 Å². The highest BCUT2D eigenvalue weighted by Crippen LogP contribution is 2.18. The Morgan fingerprint density at radius 3 is 2.52 bits per heavy atom. The molecule has 1 N–H and O–H groups in total. The van der Waals surface area contributed by atoms with Gasteiger partial charge < -0.3 is 4.42 Å². The predicted octanol–water partition coefficient (Wildman–Crippen LogP) is 1.52. The third kappa shape index (κ3) is 3.58. The van der Waals surface area contributed by atoms with Crippen LogP contribution in [0, 0.1) is 0 Å². The zero-order chi connectivity index (χ0) is 18.0. The highest BCUT2D eigenvalue weighted by atomic mass is 32.2. The minimum atomic E-state index is -3.31. The van der Waals surface area contributed by atoms with Crippen molar-refractivity contribution in [1.82, 2.24) is 20.0 Å². The van der Waals surface area contributed by atoms with E-state index < -0.39 is 15.7 Å². The molecule has 0 aliphatic carbocycles. The van der Waals surface area contributed by atoms with Gasteiger partial charge >= 0.3 is 6.01 Å². The van der Waals surface area contributed by atoms with Gasteiger partial charge in [-0.2, -0.15) is 5.10 Å². The molecule has 3 aromatic rings. The first-order valence-corrected chi connectivity index (χ1v) is 9.02. The normalized spacial score (nSPS) is 11.4. The molecule has 0 aliphatic heterocycles. The number of sulfone groups is 1. The second-order valence-corrected chi connectivity index (χ2v) is 7.45. The molecule has 0 saturated heterocycles. The maximum absolute atomic E-state index is 12.2. The molecule has 25 heavy (non-hydrogen) atoms. The van der Waals surface area contributed by atoms with Gasteiger partial charge in [-0.15, -0.1) is 5.10 Å². The SMILES string of the molecule is CCS(=O)(=O)c1ccc(C(=O)Nc2nnc(-c3ccn(C)n3)o2)cc1. The average Bonchev–Trinajstić information content (AvgIpc) is 3.24. The van der Waals surface area contributed by atoms with E-state index in [2.05, 4.69) is 20.6 Å². The maximum atomic E-state index is 12.2. The number of carbonyl (C=O) groups excluding carboxylic acids is 1. The highest BCUT2D eigenvalue weighted by Gasteiger charge is 2.16. The molecule has 0 unspecified atom stereocenters. The molecule has 3 rings (SSSR count). The van der Waals surface area contributed by atoms with Crippen molar-refractivity contribution in [1.29, 1.82) is 0 Å². The van der Waals surface area contributed by atoms with Gasteiger partial charge in [0.25, 0.3) is 11.8 Å². The van der Waals surface area contributed by atoms with Crippen LogP contribution in [0.25, 0.3) is 11.6 Å². The monoisotopic (exact) mass is 361 g/mol. The van der Waals surface area contributed by atoms with E-state index in [1.54, 1.807) is 30.9 Å². The van der Waals surface area contributed by atoms with Crippen LogP contribution < -0.4 is 5.32 Å². The van der Waals surface area contributed by atoms with Crippen molar-refractivity contribution in [3.63, 3.8) is 0 Å². The number of anilines is 1. The molecule has 1 amide bonds. The largest absolute Gasteiger partial charge is 0.401 e. The summed E-state index contributed by atoms with van der Waals surface area (Å²) in [5, 5.41) is 14.1. The average molecular weight is 361 g/mol. The minimum Gasteiger partial charge on any atom is -0.401 e. The lowest BCUT2D eigenvalue weighted by molar-refractivity contribution is 0.102. The van der Waals surface area contributed by atoms with Crippen LogP contribution in [0.3, 0.4) is 0 Å². The smallest absolute Gasteiger partial charge is 0.322 e. The van der Waals surface area contributed by atoms with Gasteiger partial charge in [-0.1, -0.05) is 12.0 Å². The van der Waals surface area contributed by atoms with Crippen LogP contribution in [-0.2, 0) is 16.9 Å². The lowest BCUT2D eigenvalue weighted by Gasteiger charge is -2.03. The Morgan fingerprint density at radius 2 is 1.92 bits per heavy atom. The Bertz CT molecular complexity index is 1000. The molecule has 9 nitrogen and oxygen atoms in total. The number of hydrogen-bond acceptors (Lipinski definition) is 7. The van der Waals surface area contributed by atoms with E-state index in [1.807, 2.05) is 0 Å². The van der Waals surface area contributed by atoms with Gasteiger partial charge in [0, 0.05) is 18.8 Å². The number of hydrogen-bond donors (Lipinski definition) is 1. The Kier molecular flexibility index (Phi) is 4.36. The number of carbonyl (C=O) groups is 1. The Morgan fingerprint density at radius 1 is 1.20 bits per heavy atom. The third-order valence-corrected chi connectivity index (χ3v) is 5.18. The van der Waals surface area contributed by atoms with E-state index in [9.17, 15) is 13.2 Å². The predicted molar refractivity (Wildman–Crippen MR) is 88.6 cm³/mol. The molecule has 0 aliphatic rings. The van der Waals surface area contributed by atoms with Crippen molar-refractivity contribution >= 4 is 21.8 Å². The summed E-state index contributed by atoms with van der Waals surface area (Å²) in [6.45, 7) is 1.56. The summed E-state index contributed by atoms with van der Waals surface area (Å²) in [5.41, 5.74) is 0.761. The molecule has 0 bridgehead atoms. The van der Waals surface area contributed by atoms with Crippen LogP contribution in [-0.4, -0.2) is 40.1 Å². The second kappa shape index (κ2) is 6.48. The van der Waals surface area contributed by atoms with Gasteiger partial charge in [0.05, 0.1) is 10.6 Å². The highest BCUT2D eigenvalue weighted by molar-refractivity contribution is 7.91. The Balaban J connectivity index is 1.73. The van der Waals surface area contributed by atoms with E-state index in [0.29, 0.717) is 5.69 Å². The summed E-state index contributed by atoms with van der Waals surface area (Å²) in [7, 11) is -1.55. The number of amides is 1. The molecular formula is C15H15N5O4S. The van der Waals surface area contributed by atoms with Crippen molar-refractivity contribution in [2.75, 3.05) is 11.1 Å². The van der Waals surface area contributed by atoms with Crippen LogP contribution in [0.1, 0.15) is 17.3 Å². The number of aryl methyl sites for hydroxylation is 1. The molecule has 0 saturated carbocycles. The van der Waals surface area contributed by atoms with Crippen LogP contribution in [0.4, 0.5) is 6.01 Å². The van der Waals surface area contributed by atoms with Crippen LogP contribution in [0.15, 0.2) is 45.8 Å². The first-order chi connectivity index (χ1) is 11.9. The van der Waals surface area contributed by atoms with E-state index >= 15 is 0 Å². The molecule has 2 heterocycles. The van der Waals surface area contributed by atoms with Crippen molar-refractivity contribution in [2.24, 2.45) is 7.05 Å². The summed E-state index contributed by atoms with van der Waals surface area (Å²) in [6, 6.07) is 7.26. The molecule has 10 heteroatoms. The number of nitrogens with zero attached hydrogens (tertiary/aromatic N) is 4. The fourth-order valence-electron chi connectivity index (χ4n) is 2.06. The molecule has 0 fully saturated rings. The summed E-state index contributed by atoms with van der Waals surface area (Å²) in [4.78, 5) is 12.4. The summed E-state index contributed by atoms with van der Waals surface area (Å²) >= 11 is 0. The van der Waals surface area contributed by atoms with Crippen LogP contribution in [0.5, 0.6) is 0 Å². The van der Waals surface area contributed by atoms with E-state index in [4.69, 9.17) is 4.42 Å². The number of nitrogens with one attached hydrogen (secondary N) is 1. The van der Waals surface area contributed by atoms with E-state index in [0.717, 1.165) is 0 Å². The zero-order valence-electron chi connectivity index (χ0n) is 13.5. The fraction of sp³-hybridized carbons (Fsp3) is 0.200. The van der Waals surface area contributed by atoms with Crippen LogP contribution >= 0.6 is 0 Å². The van der Waals surface area contributed by atoms with Gasteiger partial charge in [0.1, 0.15) is 5.69 Å². The first-order valence-electron chi connectivity index (χ1n) is 7.37. The van der Waals surface area contributed by atoms with Crippen molar-refractivity contribution in [3.05, 3.63) is 42.1 Å². The summed E-state index contributed by atoms with van der Waals surface area (Å²) < 4.78 is 30.5. The minimum absolute atomic E-state index is 0.00315. The van der Waals surface area contributed by atoms with E-state index in [-0.39, 0.29) is 28.1 Å². The Hall–Kier alpha value is -3.01. The summed E-state index contributed by atoms with van der Waals surface area (Å²) in [5.74, 6) is -0.312. The quantitative estimate of drug-likeness (QED) is 0.731. The Labute approximate surface area is 143 Å². The van der Waals surface area contributed by atoms with Gasteiger partial charge in [-0.05, 0) is 30.3 Å². The van der Waals surface area contributed by atoms with Gasteiger partial charge in [-0.3, -0.25) is 14.8 Å². The second-order valence-electron chi connectivity index (χ2n) is 5.17. The lowest BCUT2D eigenvalue weighted by Crippen LogP contribution is -2.12. The first kappa shape index (κ1) is 16.8. The molecule has 130 valence electrons. The molecule has 2 aromatic heterocycles. The topological polar surface area (TPSA) is 120 Å². The maximum Gasteiger partial charge on any atom is 0.322 e. The van der Waals surface area contributed by atoms with Crippen molar-refractivity contribution < 1.29 is 17.6 Å². The van der Waals surface area contributed by atoms with Crippen LogP contribution in [0.2, 0.25) is 0 Å². The van der Waals surface area contributed by atoms with Gasteiger partial charge in [0.15, 0.2) is 9.84 Å². The van der Waals surface area contributed by atoms with Crippen molar-refractivity contribution in [3.8, 4) is 11.6 Å².